The van der Waals surface area contributed by atoms with Gasteiger partial charge in [0.05, 0.1) is 24.6 Å². The molecule has 1 amide bonds. The topological polar surface area (TPSA) is 70.6 Å². The number of nitrogens with zero attached hydrogens (tertiary/aromatic N) is 4. The van der Waals surface area contributed by atoms with E-state index in [0.29, 0.717) is 0 Å². The zero-order valence-corrected chi connectivity index (χ0v) is 21.0. The normalized spacial score (nSPS) is 18.3. The maximum atomic E-state index is 13.0. The Labute approximate surface area is 205 Å². The maximum Gasteiger partial charge on any atom is 0.223 e. The summed E-state index contributed by atoms with van der Waals surface area (Å²) in [5.41, 5.74) is 3.62. The number of carbonyl (C=O) groups is 1. The van der Waals surface area contributed by atoms with Gasteiger partial charge in [-0.3, -0.25) is 4.79 Å². The molecule has 1 aromatic carbocycles. The van der Waals surface area contributed by atoms with Crippen molar-refractivity contribution in [3.63, 3.8) is 0 Å². The largest absolute Gasteiger partial charge is 0.378 e. The lowest BCUT2D eigenvalue weighted by molar-refractivity contribution is -0.126. The molecule has 1 atom stereocenters. The summed E-state index contributed by atoms with van der Waals surface area (Å²) in [4.78, 5) is 29.1. The molecule has 1 unspecified atom stereocenters. The van der Waals surface area contributed by atoms with E-state index in [9.17, 15) is 4.79 Å². The van der Waals surface area contributed by atoms with Crippen LogP contribution >= 0.6 is 11.3 Å². The van der Waals surface area contributed by atoms with E-state index in [4.69, 9.17) is 4.74 Å². The minimum atomic E-state index is -0.0119. The molecule has 180 valence electrons. The molecule has 34 heavy (non-hydrogen) atoms. The zero-order valence-electron chi connectivity index (χ0n) is 20.2. The average Bonchev–Trinajstić information content (AvgIpc) is 3.18. The molecule has 2 fully saturated rings. The summed E-state index contributed by atoms with van der Waals surface area (Å²) in [6.07, 6.45) is 3.34. The van der Waals surface area contributed by atoms with Crippen molar-refractivity contribution in [2.24, 2.45) is 5.92 Å². The number of anilines is 2. The second-order valence-electron chi connectivity index (χ2n) is 9.34. The fourth-order valence-corrected chi connectivity index (χ4v) is 5.96. The number of aromatic nitrogens is 2. The van der Waals surface area contributed by atoms with Gasteiger partial charge in [-0.1, -0.05) is 12.1 Å². The van der Waals surface area contributed by atoms with Gasteiger partial charge in [-0.05, 0) is 56.9 Å². The Hall–Kier alpha value is -2.71. The van der Waals surface area contributed by atoms with Crippen molar-refractivity contribution in [2.45, 2.75) is 39.7 Å². The van der Waals surface area contributed by atoms with Crippen LogP contribution in [0.1, 0.15) is 41.8 Å². The smallest absolute Gasteiger partial charge is 0.223 e. The first-order valence-corrected chi connectivity index (χ1v) is 13.0. The zero-order chi connectivity index (χ0) is 23.7. The number of aryl methyl sites for hydroxylation is 2. The molecule has 2 aliphatic heterocycles. The second-order valence-corrected chi connectivity index (χ2v) is 10.5. The van der Waals surface area contributed by atoms with Crippen LogP contribution in [0.25, 0.3) is 10.2 Å². The van der Waals surface area contributed by atoms with Crippen LogP contribution in [0.2, 0.25) is 0 Å². The van der Waals surface area contributed by atoms with Crippen LogP contribution < -0.4 is 15.1 Å². The molecular weight excluding hydrogens is 446 g/mol. The van der Waals surface area contributed by atoms with Crippen LogP contribution in [0.15, 0.2) is 30.6 Å². The molecule has 5 rings (SSSR count). The highest BCUT2D eigenvalue weighted by Gasteiger charge is 2.28. The van der Waals surface area contributed by atoms with Crippen LogP contribution in [-0.2, 0) is 9.53 Å². The summed E-state index contributed by atoms with van der Waals surface area (Å²) in [5, 5.41) is 4.42. The Morgan fingerprint density at radius 3 is 2.47 bits per heavy atom. The van der Waals surface area contributed by atoms with Crippen molar-refractivity contribution in [3.05, 3.63) is 46.6 Å². The molecule has 0 radical (unpaired) electrons. The van der Waals surface area contributed by atoms with Crippen molar-refractivity contribution in [1.82, 2.24) is 15.3 Å². The highest BCUT2D eigenvalue weighted by molar-refractivity contribution is 7.18. The van der Waals surface area contributed by atoms with Crippen molar-refractivity contribution in [1.29, 1.82) is 0 Å². The number of morpholine rings is 1. The SMILES string of the molecule is Cc1sc2ncnc(N3CCC(C(=O)NC(C)c4ccc(N5CCOCC5)cc4)CC3)c2c1C. The summed E-state index contributed by atoms with van der Waals surface area (Å²) >= 11 is 1.73. The number of ether oxygens (including phenoxy) is 1. The number of fused-ring (bicyclic) bond motifs is 1. The van der Waals surface area contributed by atoms with Gasteiger partial charge in [-0.25, -0.2) is 9.97 Å². The van der Waals surface area contributed by atoms with Gasteiger partial charge in [-0.15, -0.1) is 11.3 Å². The lowest BCUT2D eigenvalue weighted by Gasteiger charge is -2.33. The predicted molar refractivity (Wildman–Crippen MR) is 138 cm³/mol. The number of piperidine rings is 1. The van der Waals surface area contributed by atoms with Crippen molar-refractivity contribution in [3.8, 4) is 0 Å². The van der Waals surface area contributed by atoms with E-state index in [1.165, 1.54) is 21.5 Å². The number of amides is 1. The molecule has 4 heterocycles. The van der Waals surface area contributed by atoms with Gasteiger partial charge >= 0.3 is 0 Å². The van der Waals surface area contributed by atoms with Crippen LogP contribution in [-0.4, -0.2) is 55.3 Å². The summed E-state index contributed by atoms with van der Waals surface area (Å²) in [6, 6.07) is 8.55. The fourth-order valence-electron chi connectivity index (χ4n) is 4.97. The van der Waals surface area contributed by atoms with Gasteiger partial charge in [0.2, 0.25) is 5.91 Å². The van der Waals surface area contributed by atoms with E-state index in [0.717, 1.165) is 68.4 Å². The quantitative estimate of drug-likeness (QED) is 0.590. The summed E-state index contributed by atoms with van der Waals surface area (Å²) < 4.78 is 5.44. The van der Waals surface area contributed by atoms with Gasteiger partial charge in [0, 0.05) is 42.7 Å². The summed E-state index contributed by atoms with van der Waals surface area (Å²) in [5.74, 6) is 1.20. The number of rotatable bonds is 5. The third kappa shape index (κ3) is 4.61. The van der Waals surface area contributed by atoms with Crippen LogP contribution in [0, 0.1) is 19.8 Å². The van der Waals surface area contributed by atoms with Gasteiger partial charge in [-0.2, -0.15) is 0 Å². The van der Waals surface area contributed by atoms with Gasteiger partial charge < -0.3 is 19.9 Å². The van der Waals surface area contributed by atoms with Gasteiger partial charge in [0.15, 0.2) is 0 Å². The van der Waals surface area contributed by atoms with Gasteiger partial charge in [0.1, 0.15) is 17.0 Å². The van der Waals surface area contributed by atoms with Crippen LogP contribution in [0.3, 0.4) is 0 Å². The molecule has 2 saturated heterocycles. The first-order valence-electron chi connectivity index (χ1n) is 12.2. The third-order valence-corrected chi connectivity index (χ3v) is 8.35. The van der Waals surface area contributed by atoms with Crippen LogP contribution in [0.5, 0.6) is 0 Å². The minimum Gasteiger partial charge on any atom is -0.378 e. The molecule has 8 heteroatoms. The average molecular weight is 480 g/mol. The molecule has 7 nitrogen and oxygen atoms in total. The number of benzene rings is 1. The first-order chi connectivity index (χ1) is 16.5. The fraction of sp³-hybridized carbons (Fsp3) is 0.500. The molecule has 0 spiro atoms. The summed E-state index contributed by atoms with van der Waals surface area (Å²) in [6.45, 7) is 11.4. The van der Waals surface area contributed by atoms with E-state index >= 15 is 0 Å². The molecule has 0 aliphatic carbocycles. The predicted octanol–water partition coefficient (Wildman–Crippen LogP) is 4.24. The number of hydrogen-bond donors (Lipinski definition) is 1. The molecule has 1 N–H and O–H groups in total. The standard InChI is InChI=1S/C26H33N5O2S/c1-17-19(3)34-26-23(17)24(27-16-28-26)31-10-8-21(9-11-31)25(32)29-18(2)20-4-6-22(7-5-20)30-12-14-33-15-13-30/h4-7,16,18,21H,8-15H2,1-3H3,(H,29,32). The van der Waals surface area contributed by atoms with Gasteiger partial charge in [0.25, 0.3) is 0 Å². The molecule has 2 aromatic heterocycles. The van der Waals surface area contributed by atoms with E-state index in [-0.39, 0.29) is 17.9 Å². The number of thiophene rings is 1. The van der Waals surface area contributed by atoms with Crippen molar-refractivity contribution in [2.75, 3.05) is 49.2 Å². The molecule has 3 aromatic rings. The Morgan fingerprint density at radius 2 is 1.76 bits per heavy atom. The highest BCUT2D eigenvalue weighted by atomic mass is 32.1. The van der Waals surface area contributed by atoms with E-state index in [2.05, 4.69) is 70.1 Å². The summed E-state index contributed by atoms with van der Waals surface area (Å²) in [7, 11) is 0. The lowest BCUT2D eigenvalue weighted by Crippen LogP contribution is -2.41. The third-order valence-electron chi connectivity index (χ3n) is 7.24. The molecular formula is C26H33N5O2S. The number of nitrogens with one attached hydrogen (secondary N) is 1. The Bertz CT molecular complexity index is 1150. The lowest BCUT2D eigenvalue weighted by atomic mass is 9.95. The molecule has 0 saturated carbocycles. The molecule has 0 bridgehead atoms. The first kappa shape index (κ1) is 23.1. The Morgan fingerprint density at radius 1 is 1.06 bits per heavy atom. The van der Waals surface area contributed by atoms with E-state index in [1.54, 1.807) is 17.7 Å². The highest BCUT2D eigenvalue weighted by Crippen LogP contribution is 2.35. The maximum absolute atomic E-state index is 13.0. The second kappa shape index (κ2) is 9.88. The Balaban J connectivity index is 1.18. The molecule has 2 aliphatic rings. The number of carbonyl (C=O) groups excluding carboxylic acids is 1. The van der Waals surface area contributed by atoms with Crippen molar-refractivity contribution >= 4 is 39.0 Å². The minimum absolute atomic E-state index is 0.0119. The van der Waals surface area contributed by atoms with Crippen LogP contribution in [0.4, 0.5) is 11.5 Å². The Kier molecular flexibility index (Phi) is 6.70. The number of hydrogen-bond acceptors (Lipinski definition) is 7. The van der Waals surface area contributed by atoms with Crippen molar-refractivity contribution < 1.29 is 9.53 Å². The van der Waals surface area contributed by atoms with E-state index < -0.39 is 0 Å². The monoisotopic (exact) mass is 479 g/mol. The van der Waals surface area contributed by atoms with E-state index in [1.807, 2.05) is 0 Å².